The Morgan fingerprint density at radius 3 is 2.67 bits per heavy atom. The lowest BCUT2D eigenvalue weighted by Crippen LogP contribution is -2.02. The number of anilines is 1. The summed E-state index contributed by atoms with van der Waals surface area (Å²) in [6.07, 6.45) is 0. The number of nitrogens with two attached hydrogens (primary N) is 1. The minimum atomic E-state index is -1.21. The molecular formula is C12H8ClN3O5. The maximum Gasteiger partial charge on any atom is 0.339 e. The molecule has 9 heteroatoms. The lowest BCUT2D eigenvalue weighted by atomic mass is 10.2. The molecule has 1 aromatic heterocycles. The van der Waals surface area contributed by atoms with Crippen molar-refractivity contribution in [2.45, 2.75) is 0 Å². The Labute approximate surface area is 122 Å². The molecule has 0 saturated heterocycles. The molecule has 0 saturated carbocycles. The van der Waals surface area contributed by atoms with E-state index in [2.05, 4.69) is 4.98 Å². The molecule has 108 valence electrons. The highest BCUT2D eigenvalue weighted by Crippen LogP contribution is 2.30. The average molecular weight is 310 g/mol. The number of ether oxygens (including phenoxy) is 1. The minimum Gasteiger partial charge on any atom is -0.478 e. The van der Waals surface area contributed by atoms with E-state index in [0.717, 1.165) is 6.07 Å². The van der Waals surface area contributed by atoms with E-state index in [0.29, 0.717) is 0 Å². The van der Waals surface area contributed by atoms with Crippen LogP contribution in [0.25, 0.3) is 0 Å². The first-order valence-electron chi connectivity index (χ1n) is 5.50. The van der Waals surface area contributed by atoms with Gasteiger partial charge in [0.2, 0.25) is 11.7 Å². The van der Waals surface area contributed by atoms with Gasteiger partial charge >= 0.3 is 11.7 Å². The molecule has 0 aliphatic heterocycles. The van der Waals surface area contributed by atoms with Gasteiger partial charge in [0.25, 0.3) is 0 Å². The summed E-state index contributed by atoms with van der Waals surface area (Å²) < 4.78 is 5.29. The number of pyridine rings is 1. The number of halogens is 1. The van der Waals surface area contributed by atoms with Gasteiger partial charge in [-0.2, -0.15) is 4.98 Å². The maximum atomic E-state index is 11.1. The molecule has 0 fully saturated rings. The number of hydrogen-bond acceptors (Lipinski definition) is 6. The third-order valence-electron chi connectivity index (χ3n) is 2.46. The first-order chi connectivity index (χ1) is 9.88. The predicted molar refractivity (Wildman–Crippen MR) is 73.8 cm³/mol. The average Bonchev–Trinajstić information content (AvgIpc) is 2.37. The van der Waals surface area contributed by atoms with E-state index in [-0.39, 0.29) is 33.7 Å². The third kappa shape index (κ3) is 3.18. The van der Waals surface area contributed by atoms with Crippen LogP contribution in [-0.2, 0) is 0 Å². The van der Waals surface area contributed by atoms with Gasteiger partial charge in [-0.1, -0.05) is 11.6 Å². The molecule has 2 aromatic rings. The van der Waals surface area contributed by atoms with E-state index in [4.69, 9.17) is 27.2 Å². The Morgan fingerprint density at radius 2 is 2.10 bits per heavy atom. The lowest BCUT2D eigenvalue weighted by molar-refractivity contribution is -0.384. The minimum absolute atomic E-state index is 0.0456. The lowest BCUT2D eigenvalue weighted by Gasteiger charge is -2.08. The van der Waals surface area contributed by atoms with Crippen LogP contribution in [0.3, 0.4) is 0 Å². The summed E-state index contributed by atoms with van der Waals surface area (Å²) in [7, 11) is 0. The summed E-state index contributed by atoms with van der Waals surface area (Å²) in [4.78, 5) is 24.7. The summed E-state index contributed by atoms with van der Waals surface area (Å²) in [5, 5.41) is 19.9. The van der Waals surface area contributed by atoms with Crippen molar-refractivity contribution in [1.82, 2.24) is 4.98 Å². The van der Waals surface area contributed by atoms with Crippen LogP contribution in [0, 0.1) is 10.1 Å². The third-order valence-corrected chi connectivity index (χ3v) is 2.70. The van der Waals surface area contributed by atoms with Crippen molar-refractivity contribution < 1.29 is 19.6 Å². The second kappa shape index (κ2) is 5.63. The number of carboxylic acid groups (broad SMARTS) is 1. The van der Waals surface area contributed by atoms with Crippen LogP contribution >= 0.6 is 11.6 Å². The quantitative estimate of drug-likeness (QED) is 0.656. The molecule has 1 aromatic carbocycles. The fraction of sp³-hybridized carbons (Fsp3) is 0. The largest absolute Gasteiger partial charge is 0.478 e. The van der Waals surface area contributed by atoms with Crippen LogP contribution in [0.1, 0.15) is 10.4 Å². The molecular weight excluding hydrogens is 302 g/mol. The van der Waals surface area contributed by atoms with Crippen molar-refractivity contribution in [2.24, 2.45) is 0 Å². The van der Waals surface area contributed by atoms with E-state index >= 15 is 0 Å². The maximum absolute atomic E-state index is 11.1. The van der Waals surface area contributed by atoms with Gasteiger partial charge in [0.1, 0.15) is 11.3 Å². The SMILES string of the molecule is Nc1nc(Oc2cc(Cl)ccc2C(=O)O)ccc1[N+](=O)[O-]. The number of nitrogen functional groups attached to an aromatic ring is 1. The molecule has 0 atom stereocenters. The zero-order valence-electron chi connectivity index (χ0n) is 10.3. The monoisotopic (exact) mass is 309 g/mol. The number of carboxylic acids is 1. The molecule has 0 aliphatic rings. The van der Waals surface area contributed by atoms with E-state index in [9.17, 15) is 14.9 Å². The van der Waals surface area contributed by atoms with Gasteiger partial charge in [-0.3, -0.25) is 10.1 Å². The number of rotatable bonds is 4. The van der Waals surface area contributed by atoms with Gasteiger partial charge in [0, 0.05) is 23.2 Å². The van der Waals surface area contributed by atoms with Crippen LogP contribution < -0.4 is 10.5 Å². The highest BCUT2D eigenvalue weighted by Gasteiger charge is 2.16. The van der Waals surface area contributed by atoms with Gasteiger partial charge in [0.15, 0.2) is 0 Å². The van der Waals surface area contributed by atoms with Crippen molar-refractivity contribution in [3.63, 3.8) is 0 Å². The standard InChI is InChI=1S/C12H8ClN3O5/c13-6-1-2-7(12(17)18)9(5-6)21-10-4-3-8(16(19)20)11(14)15-10/h1-5H,(H2,14,15)(H,17,18). The van der Waals surface area contributed by atoms with Gasteiger partial charge < -0.3 is 15.6 Å². The highest BCUT2D eigenvalue weighted by molar-refractivity contribution is 6.30. The fourth-order valence-electron chi connectivity index (χ4n) is 1.53. The van der Waals surface area contributed by atoms with E-state index < -0.39 is 10.9 Å². The fourth-order valence-corrected chi connectivity index (χ4v) is 1.69. The van der Waals surface area contributed by atoms with E-state index in [1.54, 1.807) is 0 Å². The first kappa shape index (κ1) is 14.5. The summed E-state index contributed by atoms with van der Waals surface area (Å²) in [5.41, 5.74) is 4.93. The molecule has 0 aliphatic carbocycles. The molecule has 0 bridgehead atoms. The van der Waals surface area contributed by atoms with E-state index in [1.165, 1.54) is 24.3 Å². The zero-order chi connectivity index (χ0) is 15.6. The van der Waals surface area contributed by atoms with Crippen molar-refractivity contribution >= 4 is 29.1 Å². The summed E-state index contributed by atoms with van der Waals surface area (Å²) >= 11 is 5.78. The van der Waals surface area contributed by atoms with Gasteiger partial charge in [-0.05, 0) is 12.1 Å². The van der Waals surface area contributed by atoms with Crippen LogP contribution in [0.4, 0.5) is 11.5 Å². The smallest absolute Gasteiger partial charge is 0.339 e. The number of aromatic nitrogens is 1. The van der Waals surface area contributed by atoms with Crippen LogP contribution in [0.5, 0.6) is 11.6 Å². The number of hydrogen-bond donors (Lipinski definition) is 2. The van der Waals surface area contributed by atoms with Gasteiger partial charge in [-0.15, -0.1) is 0 Å². The number of aromatic carboxylic acids is 1. The molecule has 21 heavy (non-hydrogen) atoms. The molecule has 8 nitrogen and oxygen atoms in total. The van der Waals surface area contributed by atoms with Gasteiger partial charge in [0.05, 0.1) is 4.92 Å². The Bertz CT molecular complexity index is 735. The molecule has 0 radical (unpaired) electrons. The number of nitrogens with zero attached hydrogens (tertiary/aromatic N) is 2. The Kier molecular flexibility index (Phi) is 3.90. The molecule has 0 amide bonds. The topological polar surface area (TPSA) is 129 Å². The van der Waals surface area contributed by atoms with Crippen molar-refractivity contribution in [3.8, 4) is 11.6 Å². The second-order valence-electron chi connectivity index (χ2n) is 3.86. The number of benzene rings is 1. The summed E-state index contributed by atoms with van der Waals surface area (Å²) in [6.45, 7) is 0. The Hall–Kier alpha value is -2.87. The Morgan fingerprint density at radius 1 is 1.38 bits per heavy atom. The number of carbonyl (C=O) groups is 1. The van der Waals surface area contributed by atoms with E-state index in [1.807, 2.05) is 0 Å². The van der Waals surface area contributed by atoms with Gasteiger partial charge in [-0.25, -0.2) is 4.79 Å². The van der Waals surface area contributed by atoms with Crippen molar-refractivity contribution in [1.29, 1.82) is 0 Å². The molecule has 0 unspecified atom stereocenters. The van der Waals surface area contributed by atoms with Crippen molar-refractivity contribution in [3.05, 3.63) is 51.0 Å². The second-order valence-corrected chi connectivity index (χ2v) is 4.30. The van der Waals surface area contributed by atoms with Crippen LogP contribution in [0.2, 0.25) is 5.02 Å². The normalized spacial score (nSPS) is 10.1. The molecule has 2 rings (SSSR count). The predicted octanol–water partition coefficient (Wildman–Crippen LogP) is 2.72. The first-order valence-corrected chi connectivity index (χ1v) is 5.88. The summed E-state index contributed by atoms with van der Waals surface area (Å²) in [5.74, 6) is -1.67. The molecule has 0 spiro atoms. The highest BCUT2D eigenvalue weighted by atomic mass is 35.5. The van der Waals surface area contributed by atoms with Crippen LogP contribution in [-0.4, -0.2) is 21.0 Å². The van der Waals surface area contributed by atoms with Crippen LogP contribution in [0.15, 0.2) is 30.3 Å². The molecule has 3 N–H and O–H groups in total. The molecule has 1 heterocycles. The summed E-state index contributed by atoms with van der Waals surface area (Å²) in [6, 6.07) is 6.29. The van der Waals surface area contributed by atoms with Crippen molar-refractivity contribution in [2.75, 3.05) is 5.73 Å². The Balaban J connectivity index is 2.38. The number of nitro groups is 1. The zero-order valence-corrected chi connectivity index (χ0v) is 11.1.